The lowest BCUT2D eigenvalue weighted by Crippen LogP contribution is -2.40. The second-order valence-corrected chi connectivity index (χ2v) is 4.74. The number of hydrogen-bond donors (Lipinski definition) is 2. The Kier molecular flexibility index (Phi) is 5.17. The number of aliphatic carboxylic acids is 2. The van der Waals surface area contributed by atoms with E-state index in [9.17, 15) is 9.59 Å². The van der Waals surface area contributed by atoms with Crippen molar-refractivity contribution >= 4 is 33.6 Å². The van der Waals surface area contributed by atoms with Gasteiger partial charge in [0.2, 0.25) is 0 Å². The van der Waals surface area contributed by atoms with Crippen LogP contribution in [0.25, 0.3) is 0 Å². The van der Waals surface area contributed by atoms with E-state index < -0.39 is 24.4 Å². The maximum absolute atomic E-state index is 11.1. The van der Waals surface area contributed by atoms with Gasteiger partial charge in [0.25, 0.3) is 0 Å². The lowest BCUT2D eigenvalue weighted by atomic mass is 10.1. The molecule has 1 atom stereocenters. The average molecular weight is 332 g/mol. The fraction of sp³-hybridized carbons (Fsp3) is 0.333. The van der Waals surface area contributed by atoms with E-state index in [1.54, 1.807) is 18.2 Å². The third-order valence-electron chi connectivity index (χ3n) is 2.66. The highest BCUT2D eigenvalue weighted by atomic mass is 79.9. The van der Waals surface area contributed by atoms with Crippen LogP contribution in [-0.2, 0) is 9.59 Å². The van der Waals surface area contributed by atoms with E-state index in [0.29, 0.717) is 15.9 Å². The minimum Gasteiger partial charge on any atom is -0.496 e. The zero-order valence-electron chi connectivity index (χ0n) is 10.5. The third-order valence-corrected chi connectivity index (χ3v) is 3.28. The number of halogens is 1. The van der Waals surface area contributed by atoms with Crippen LogP contribution in [0.2, 0.25) is 0 Å². The highest BCUT2D eigenvalue weighted by Gasteiger charge is 2.26. The number of likely N-dealkylation sites (N-methyl/N-ethyl adjacent to an activating group) is 1. The summed E-state index contributed by atoms with van der Waals surface area (Å²) in [7, 11) is 3.06. The van der Waals surface area contributed by atoms with Crippen LogP contribution in [0.3, 0.4) is 0 Å². The molecule has 0 saturated carbocycles. The van der Waals surface area contributed by atoms with Gasteiger partial charge in [-0.25, -0.2) is 4.79 Å². The summed E-state index contributed by atoms with van der Waals surface area (Å²) in [6.07, 6.45) is -0.477. The van der Waals surface area contributed by atoms with Crippen LogP contribution in [0.5, 0.6) is 5.75 Å². The van der Waals surface area contributed by atoms with Crippen molar-refractivity contribution in [2.75, 3.05) is 19.1 Å². The number of anilines is 1. The van der Waals surface area contributed by atoms with Crippen molar-refractivity contribution < 1.29 is 24.5 Å². The Balaban J connectivity index is 3.02. The standard InChI is InChI=1S/C12H14BrNO5/c1-14(9(12(17)18)6-11(15)16)7-3-4-10(19-2)8(13)5-7/h3-5,9H,6H2,1-2H3,(H,15,16)(H,17,18). The van der Waals surface area contributed by atoms with Gasteiger partial charge in [-0.1, -0.05) is 0 Å². The molecule has 0 fully saturated rings. The molecule has 0 bridgehead atoms. The van der Waals surface area contributed by atoms with Gasteiger partial charge in [-0.15, -0.1) is 0 Å². The Hall–Kier alpha value is -1.76. The van der Waals surface area contributed by atoms with Crippen molar-refractivity contribution in [3.05, 3.63) is 22.7 Å². The zero-order valence-corrected chi connectivity index (χ0v) is 12.0. The van der Waals surface area contributed by atoms with Gasteiger partial charge in [-0.3, -0.25) is 4.79 Å². The Morgan fingerprint density at radius 3 is 2.47 bits per heavy atom. The van der Waals surface area contributed by atoms with Crippen molar-refractivity contribution in [3.8, 4) is 5.75 Å². The quantitative estimate of drug-likeness (QED) is 0.826. The van der Waals surface area contributed by atoms with E-state index in [1.807, 2.05) is 0 Å². The molecule has 0 aliphatic rings. The largest absolute Gasteiger partial charge is 0.496 e. The molecule has 0 radical (unpaired) electrons. The van der Waals surface area contributed by atoms with Crippen LogP contribution in [0.15, 0.2) is 22.7 Å². The van der Waals surface area contributed by atoms with Crippen molar-refractivity contribution in [1.29, 1.82) is 0 Å². The first-order chi connectivity index (χ1) is 8.86. The molecule has 0 aliphatic heterocycles. The molecule has 0 saturated heterocycles. The van der Waals surface area contributed by atoms with Gasteiger partial charge in [0.15, 0.2) is 0 Å². The predicted octanol–water partition coefficient (Wildman–Crippen LogP) is 1.82. The van der Waals surface area contributed by atoms with Crippen LogP contribution >= 0.6 is 15.9 Å². The van der Waals surface area contributed by atoms with Gasteiger partial charge in [0.1, 0.15) is 11.8 Å². The van der Waals surface area contributed by atoms with Crippen LogP contribution in [0, 0.1) is 0 Å². The minimum absolute atomic E-state index is 0.477. The van der Waals surface area contributed by atoms with Crippen LogP contribution in [0.4, 0.5) is 5.69 Å². The molecule has 0 aromatic heterocycles. The van der Waals surface area contributed by atoms with E-state index in [0.717, 1.165) is 0 Å². The lowest BCUT2D eigenvalue weighted by molar-refractivity contribution is -0.145. The SMILES string of the molecule is COc1ccc(N(C)C(CC(=O)O)C(=O)O)cc1Br. The number of benzene rings is 1. The monoisotopic (exact) mass is 331 g/mol. The molecule has 6 nitrogen and oxygen atoms in total. The third kappa shape index (κ3) is 3.85. The Labute approximate surface area is 118 Å². The molecule has 1 aromatic rings. The topological polar surface area (TPSA) is 87.1 Å². The fourth-order valence-corrected chi connectivity index (χ4v) is 2.14. The van der Waals surface area contributed by atoms with E-state index in [-0.39, 0.29) is 0 Å². The van der Waals surface area contributed by atoms with E-state index >= 15 is 0 Å². The molecule has 0 aliphatic carbocycles. The predicted molar refractivity (Wildman–Crippen MR) is 72.8 cm³/mol. The molecule has 1 rings (SSSR count). The molecule has 1 aromatic carbocycles. The average Bonchev–Trinajstić information content (AvgIpc) is 2.34. The summed E-state index contributed by atoms with van der Waals surface area (Å²) in [4.78, 5) is 23.2. The first-order valence-corrected chi connectivity index (χ1v) is 6.17. The number of nitrogens with zero attached hydrogens (tertiary/aromatic N) is 1. The van der Waals surface area contributed by atoms with E-state index in [2.05, 4.69) is 15.9 Å². The van der Waals surface area contributed by atoms with Gasteiger partial charge in [-0.2, -0.15) is 0 Å². The molecule has 0 amide bonds. The first kappa shape index (κ1) is 15.3. The fourth-order valence-electron chi connectivity index (χ4n) is 1.61. The van der Waals surface area contributed by atoms with E-state index in [1.165, 1.54) is 19.1 Å². The second kappa shape index (κ2) is 6.42. The normalized spacial score (nSPS) is 11.7. The number of carboxylic acids is 2. The summed E-state index contributed by atoms with van der Waals surface area (Å²) in [6, 6.07) is 3.89. The highest BCUT2D eigenvalue weighted by molar-refractivity contribution is 9.10. The van der Waals surface area contributed by atoms with Crippen molar-refractivity contribution in [1.82, 2.24) is 0 Å². The lowest BCUT2D eigenvalue weighted by Gasteiger charge is -2.26. The summed E-state index contributed by atoms with van der Waals surface area (Å²) in [5.74, 6) is -1.73. The van der Waals surface area contributed by atoms with Crippen LogP contribution in [0.1, 0.15) is 6.42 Å². The van der Waals surface area contributed by atoms with Gasteiger partial charge < -0.3 is 19.8 Å². The zero-order chi connectivity index (χ0) is 14.6. The number of hydrogen-bond acceptors (Lipinski definition) is 4. The minimum atomic E-state index is -1.18. The summed E-state index contributed by atoms with van der Waals surface area (Å²) in [5.41, 5.74) is 0.585. The molecular formula is C12H14BrNO5. The highest BCUT2D eigenvalue weighted by Crippen LogP contribution is 2.30. The molecule has 0 heterocycles. The maximum atomic E-state index is 11.1. The molecule has 19 heavy (non-hydrogen) atoms. The number of methoxy groups -OCH3 is 1. The summed E-state index contributed by atoms with van der Waals surface area (Å²) >= 11 is 3.30. The van der Waals surface area contributed by atoms with Crippen molar-refractivity contribution in [2.24, 2.45) is 0 Å². The molecule has 1 unspecified atom stereocenters. The van der Waals surface area contributed by atoms with Crippen LogP contribution < -0.4 is 9.64 Å². The molecule has 2 N–H and O–H groups in total. The number of ether oxygens (including phenoxy) is 1. The van der Waals surface area contributed by atoms with Crippen molar-refractivity contribution in [2.45, 2.75) is 12.5 Å². The Morgan fingerprint density at radius 2 is 2.05 bits per heavy atom. The molecule has 7 heteroatoms. The number of carbonyl (C=O) groups is 2. The first-order valence-electron chi connectivity index (χ1n) is 5.37. The van der Waals surface area contributed by atoms with Gasteiger partial charge >= 0.3 is 11.9 Å². The Bertz CT molecular complexity index is 491. The van der Waals surface area contributed by atoms with Gasteiger partial charge in [0, 0.05) is 12.7 Å². The summed E-state index contributed by atoms with van der Waals surface area (Å²) in [6.45, 7) is 0. The summed E-state index contributed by atoms with van der Waals surface area (Å²) in [5, 5.41) is 17.8. The molecule has 104 valence electrons. The smallest absolute Gasteiger partial charge is 0.326 e. The molecule has 0 spiro atoms. The van der Waals surface area contributed by atoms with Crippen molar-refractivity contribution in [3.63, 3.8) is 0 Å². The maximum Gasteiger partial charge on any atom is 0.326 e. The Morgan fingerprint density at radius 1 is 1.42 bits per heavy atom. The van der Waals surface area contributed by atoms with Gasteiger partial charge in [-0.05, 0) is 34.1 Å². The van der Waals surface area contributed by atoms with Crippen LogP contribution in [-0.4, -0.2) is 42.4 Å². The second-order valence-electron chi connectivity index (χ2n) is 3.88. The van der Waals surface area contributed by atoms with Gasteiger partial charge in [0.05, 0.1) is 18.0 Å². The number of carboxylic acid groups (broad SMARTS) is 2. The molecular weight excluding hydrogens is 318 g/mol. The number of rotatable bonds is 6. The summed E-state index contributed by atoms with van der Waals surface area (Å²) < 4.78 is 5.74. The van der Waals surface area contributed by atoms with E-state index in [4.69, 9.17) is 14.9 Å².